The molecule has 0 saturated heterocycles. The Balaban J connectivity index is 2.52. The zero-order chi connectivity index (χ0) is 17.9. The highest BCUT2D eigenvalue weighted by atomic mass is 35.5. The maximum atomic E-state index is 12.7. The van der Waals surface area contributed by atoms with Gasteiger partial charge in [0.05, 0.1) is 17.0 Å². The van der Waals surface area contributed by atoms with Crippen LogP contribution in [0.3, 0.4) is 0 Å². The zero-order valence-corrected chi connectivity index (χ0v) is 13.3. The van der Waals surface area contributed by atoms with Gasteiger partial charge in [0.25, 0.3) is 0 Å². The summed E-state index contributed by atoms with van der Waals surface area (Å²) in [4.78, 5) is 2.35. The molecule has 0 N–H and O–H groups in total. The van der Waals surface area contributed by atoms with E-state index in [2.05, 4.69) is 4.85 Å². The molecule has 0 aliphatic carbocycles. The fourth-order valence-electron chi connectivity index (χ4n) is 1.80. The van der Waals surface area contributed by atoms with Crippen LogP contribution in [0.1, 0.15) is 5.56 Å². The molecule has 0 bridgehead atoms. The van der Waals surface area contributed by atoms with E-state index in [1.54, 1.807) is 12.1 Å². The molecule has 0 aliphatic rings. The summed E-state index contributed by atoms with van der Waals surface area (Å²) in [5.74, 6) is -3.55. The fraction of sp³-hybridized carbons (Fsp3) is 0.0667. The summed E-state index contributed by atoms with van der Waals surface area (Å²) in [7, 11) is -4.98. The van der Waals surface area contributed by atoms with Crippen molar-refractivity contribution < 1.29 is 21.9 Å². The summed E-state index contributed by atoms with van der Waals surface area (Å²) in [5.41, 5.74) is -0.336. The van der Waals surface area contributed by atoms with Crippen LogP contribution in [0.5, 0.6) is 11.5 Å². The van der Waals surface area contributed by atoms with E-state index in [4.69, 9.17) is 28.2 Å². The van der Waals surface area contributed by atoms with Gasteiger partial charge in [-0.3, -0.25) is 0 Å². The lowest BCUT2D eigenvalue weighted by atomic mass is 10.2. The number of sulfone groups is 1. The summed E-state index contributed by atoms with van der Waals surface area (Å²) in [6.07, 6.45) is 0. The number of nitriles is 1. The van der Waals surface area contributed by atoms with Gasteiger partial charge in [-0.15, -0.1) is 0 Å². The third-order valence-electron chi connectivity index (χ3n) is 2.90. The smallest absolute Gasteiger partial charge is 0.341 e. The summed E-state index contributed by atoms with van der Waals surface area (Å²) in [6, 6.07) is 9.42. The topological polar surface area (TPSA) is 71.5 Å². The molecule has 122 valence electrons. The van der Waals surface area contributed by atoms with Crippen LogP contribution in [0, 0.1) is 17.9 Å². The second-order valence-electron chi connectivity index (χ2n) is 4.38. The molecule has 2 aromatic rings. The predicted molar refractivity (Wildman–Crippen MR) is 82.1 cm³/mol. The Labute approximate surface area is 141 Å². The lowest BCUT2D eigenvalue weighted by molar-refractivity contribution is 0.234. The zero-order valence-electron chi connectivity index (χ0n) is 11.7. The van der Waals surface area contributed by atoms with Crippen LogP contribution < -0.4 is 4.74 Å². The summed E-state index contributed by atoms with van der Waals surface area (Å²) in [6.45, 7) is 6.93. The van der Waals surface area contributed by atoms with Gasteiger partial charge in [0, 0.05) is 0 Å². The van der Waals surface area contributed by atoms with Crippen LogP contribution in [0.4, 0.5) is 14.5 Å². The normalized spacial score (nSPS) is 10.9. The Morgan fingerprint density at radius 1 is 1.29 bits per heavy atom. The molecule has 0 atom stereocenters. The van der Waals surface area contributed by atoms with Crippen molar-refractivity contribution in [2.24, 2.45) is 0 Å². The molecule has 2 aromatic carbocycles. The minimum absolute atomic E-state index is 0.0939. The van der Waals surface area contributed by atoms with Crippen molar-refractivity contribution in [1.82, 2.24) is 0 Å². The highest BCUT2D eigenvalue weighted by Gasteiger charge is 2.31. The van der Waals surface area contributed by atoms with Crippen molar-refractivity contribution in [3.8, 4) is 17.6 Å². The van der Waals surface area contributed by atoms with Gasteiger partial charge >= 0.3 is 5.76 Å². The maximum Gasteiger partial charge on any atom is 0.341 e. The number of halogens is 3. The second kappa shape index (κ2) is 6.83. The number of hydrogen-bond donors (Lipinski definition) is 0. The highest BCUT2D eigenvalue weighted by molar-refractivity contribution is 7.91. The van der Waals surface area contributed by atoms with Crippen LogP contribution in [0.15, 0.2) is 41.3 Å². The average Bonchev–Trinajstić information content (AvgIpc) is 2.56. The van der Waals surface area contributed by atoms with E-state index in [0.717, 1.165) is 12.1 Å². The van der Waals surface area contributed by atoms with E-state index in [0.29, 0.717) is 5.69 Å². The molecule has 9 heteroatoms. The number of alkyl halides is 2. The summed E-state index contributed by atoms with van der Waals surface area (Å²) in [5, 5.41) is 8.67. The lowest BCUT2D eigenvalue weighted by Gasteiger charge is -2.12. The number of hydrogen-bond acceptors (Lipinski definition) is 4. The average molecular weight is 369 g/mol. The minimum atomic E-state index is -4.98. The van der Waals surface area contributed by atoms with E-state index in [1.165, 1.54) is 18.2 Å². The lowest BCUT2D eigenvalue weighted by Crippen LogP contribution is -2.13. The summed E-state index contributed by atoms with van der Waals surface area (Å²) < 4.78 is 53.9. The first-order valence-corrected chi connectivity index (χ1v) is 8.13. The van der Waals surface area contributed by atoms with Crippen LogP contribution in [-0.2, 0) is 9.84 Å². The van der Waals surface area contributed by atoms with Crippen LogP contribution in [0.25, 0.3) is 4.85 Å². The van der Waals surface area contributed by atoms with E-state index in [9.17, 15) is 17.2 Å². The van der Waals surface area contributed by atoms with Crippen molar-refractivity contribution in [3.05, 3.63) is 58.4 Å². The van der Waals surface area contributed by atoms with Gasteiger partial charge in [0.15, 0.2) is 5.69 Å². The standard InChI is InChI=1S/C15H7ClF2N2O3S/c1-20-9-3-2-4-10(7-9)23-12-5-6-13(11(8-19)14(12)16)24(21,22)15(17)18/h2-7,15H. The van der Waals surface area contributed by atoms with Gasteiger partial charge < -0.3 is 4.74 Å². The van der Waals surface area contributed by atoms with Crippen molar-refractivity contribution >= 4 is 27.1 Å². The molecular weight excluding hydrogens is 362 g/mol. The molecule has 24 heavy (non-hydrogen) atoms. The minimum Gasteiger partial charge on any atom is -0.457 e. The van der Waals surface area contributed by atoms with E-state index >= 15 is 0 Å². The molecule has 0 fully saturated rings. The third kappa shape index (κ3) is 3.30. The monoisotopic (exact) mass is 368 g/mol. The Hall–Kier alpha value is -2.68. The van der Waals surface area contributed by atoms with Crippen LogP contribution in [-0.4, -0.2) is 14.2 Å². The Kier molecular flexibility index (Phi) is 5.03. The third-order valence-corrected chi connectivity index (χ3v) is 4.69. The molecule has 0 aliphatic heterocycles. The fourth-order valence-corrected chi connectivity index (χ4v) is 2.98. The first-order chi connectivity index (χ1) is 11.3. The van der Waals surface area contributed by atoms with Crippen LogP contribution in [0.2, 0.25) is 5.02 Å². The Morgan fingerprint density at radius 3 is 2.58 bits per heavy atom. The molecule has 0 spiro atoms. The van der Waals surface area contributed by atoms with Crippen molar-refractivity contribution in [1.29, 1.82) is 5.26 Å². The van der Waals surface area contributed by atoms with Gasteiger partial charge in [-0.2, -0.15) is 14.0 Å². The molecule has 0 saturated carbocycles. The SMILES string of the molecule is [C-]#[N+]c1cccc(Oc2ccc(S(=O)(=O)C(F)F)c(C#N)c2Cl)c1. The number of benzene rings is 2. The quantitative estimate of drug-likeness (QED) is 0.742. The van der Waals surface area contributed by atoms with Gasteiger partial charge in [-0.25, -0.2) is 13.3 Å². The van der Waals surface area contributed by atoms with Gasteiger partial charge in [0.2, 0.25) is 9.84 Å². The Bertz CT molecular complexity index is 979. The highest BCUT2D eigenvalue weighted by Crippen LogP contribution is 2.37. The van der Waals surface area contributed by atoms with Gasteiger partial charge in [-0.05, 0) is 24.3 Å². The molecule has 5 nitrogen and oxygen atoms in total. The van der Waals surface area contributed by atoms with Crippen molar-refractivity contribution in [3.63, 3.8) is 0 Å². The maximum absolute atomic E-state index is 12.7. The summed E-state index contributed by atoms with van der Waals surface area (Å²) >= 11 is 5.93. The number of nitrogens with zero attached hydrogens (tertiary/aromatic N) is 2. The first-order valence-electron chi connectivity index (χ1n) is 6.21. The predicted octanol–water partition coefficient (Wildman–Crippen LogP) is 4.55. The second-order valence-corrected chi connectivity index (χ2v) is 6.64. The molecule has 0 radical (unpaired) electrons. The van der Waals surface area contributed by atoms with Gasteiger partial charge in [-0.1, -0.05) is 23.7 Å². The molecule has 2 rings (SSSR count). The van der Waals surface area contributed by atoms with E-state index < -0.39 is 31.1 Å². The van der Waals surface area contributed by atoms with E-state index in [1.807, 2.05) is 0 Å². The van der Waals surface area contributed by atoms with E-state index in [-0.39, 0.29) is 11.5 Å². The molecule has 0 unspecified atom stereocenters. The first kappa shape index (κ1) is 17.7. The largest absolute Gasteiger partial charge is 0.457 e. The van der Waals surface area contributed by atoms with Crippen molar-refractivity contribution in [2.45, 2.75) is 10.7 Å². The molecular formula is C15H7ClF2N2O3S. The van der Waals surface area contributed by atoms with Crippen molar-refractivity contribution in [2.75, 3.05) is 0 Å². The number of rotatable bonds is 4. The van der Waals surface area contributed by atoms with Crippen LogP contribution >= 0.6 is 11.6 Å². The molecule has 0 heterocycles. The molecule has 0 aromatic heterocycles. The Morgan fingerprint density at radius 2 is 2.00 bits per heavy atom. The number of ether oxygens (including phenoxy) is 1. The van der Waals surface area contributed by atoms with Gasteiger partial charge in [0.1, 0.15) is 22.6 Å². The molecule has 0 amide bonds.